The van der Waals surface area contributed by atoms with Crippen LogP contribution in [0.1, 0.15) is 24.2 Å². The van der Waals surface area contributed by atoms with Crippen molar-refractivity contribution in [3.8, 4) is 5.75 Å². The van der Waals surface area contributed by atoms with Crippen LogP contribution < -0.4 is 10.1 Å². The molecule has 0 spiro atoms. The highest BCUT2D eigenvalue weighted by atomic mass is 19.1. The zero-order valence-corrected chi connectivity index (χ0v) is 7.93. The van der Waals surface area contributed by atoms with Gasteiger partial charge in [0, 0.05) is 6.07 Å². The standard InChI is InChI=1S/C10H10FNO2/c1-10(2)12-9(13)7-4-3-6(11)5-8(7)14-10/h3-5H,1-2H3,(H,12,13). The van der Waals surface area contributed by atoms with E-state index in [1.54, 1.807) is 13.8 Å². The van der Waals surface area contributed by atoms with Gasteiger partial charge in [-0.15, -0.1) is 0 Å². The quantitative estimate of drug-likeness (QED) is 0.684. The molecule has 0 radical (unpaired) electrons. The van der Waals surface area contributed by atoms with Crippen LogP contribution in [0.2, 0.25) is 0 Å². The summed E-state index contributed by atoms with van der Waals surface area (Å²) in [4.78, 5) is 11.5. The zero-order valence-electron chi connectivity index (χ0n) is 7.93. The van der Waals surface area contributed by atoms with Gasteiger partial charge in [0.2, 0.25) is 0 Å². The highest BCUT2D eigenvalue weighted by molar-refractivity contribution is 5.98. The molecule has 3 nitrogen and oxygen atoms in total. The fraction of sp³-hybridized carbons (Fsp3) is 0.300. The number of carbonyl (C=O) groups is 1. The van der Waals surface area contributed by atoms with E-state index in [-0.39, 0.29) is 5.91 Å². The topological polar surface area (TPSA) is 38.3 Å². The number of benzene rings is 1. The van der Waals surface area contributed by atoms with Crippen molar-refractivity contribution >= 4 is 5.91 Å². The molecule has 0 saturated carbocycles. The van der Waals surface area contributed by atoms with E-state index in [0.717, 1.165) is 0 Å². The van der Waals surface area contributed by atoms with Gasteiger partial charge in [-0.2, -0.15) is 0 Å². The zero-order chi connectivity index (χ0) is 10.3. The van der Waals surface area contributed by atoms with Gasteiger partial charge >= 0.3 is 0 Å². The molecule has 1 aromatic rings. The SMILES string of the molecule is CC1(C)NC(=O)c2ccc(F)cc2O1. The summed E-state index contributed by atoms with van der Waals surface area (Å²) in [5.74, 6) is -0.357. The van der Waals surface area contributed by atoms with E-state index in [1.807, 2.05) is 0 Å². The van der Waals surface area contributed by atoms with E-state index in [9.17, 15) is 9.18 Å². The van der Waals surface area contributed by atoms with E-state index in [0.29, 0.717) is 11.3 Å². The van der Waals surface area contributed by atoms with Gasteiger partial charge in [-0.05, 0) is 26.0 Å². The van der Waals surface area contributed by atoms with Crippen LogP contribution in [0, 0.1) is 5.82 Å². The normalized spacial score (nSPS) is 18.1. The van der Waals surface area contributed by atoms with Crippen molar-refractivity contribution in [2.45, 2.75) is 19.6 Å². The minimum atomic E-state index is -0.780. The third kappa shape index (κ3) is 1.43. The molecule has 1 heterocycles. The van der Waals surface area contributed by atoms with Crippen molar-refractivity contribution in [3.05, 3.63) is 29.6 Å². The van der Waals surface area contributed by atoms with Crippen LogP contribution >= 0.6 is 0 Å². The maximum atomic E-state index is 12.9. The Balaban J connectivity index is 2.51. The Hall–Kier alpha value is -1.58. The van der Waals surface area contributed by atoms with Gasteiger partial charge < -0.3 is 10.1 Å². The van der Waals surface area contributed by atoms with E-state index >= 15 is 0 Å². The fourth-order valence-electron chi connectivity index (χ4n) is 1.41. The molecule has 0 unspecified atom stereocenters. The molecule has 1 aliphatic rings. The maximum absolute atomic E-state index is 12.9. The summed E-state index contributed by atoms with van der Waals surface area (Å²) in [7, 11) is 0. The number of ether oxygens (including phenoxy) is 1. The molecule has 0 fully saturated rings. The molecule has 0 atom stereocenters. The number of nitrogens with one attached hydrogen (secondary N) is 1. The number of hydrogen-bond donors (Lipinski definition) is 1. The first kappa shape index (κ1) is 8.99. The molecule has 0 bridgehead atoms. The second-order valence-electron chi connectivity index (χ2n) is 3.71. The fourth-order valence-corrected chi connectivity index (χ4v) is 1.41. The van der Waals surface area contributed by atoms with Gasteiger partial charge in [0.1, 0.15) is 11.6 Å². The largest absolute Gasteiger partial charge is 0.468 e. The molecule has 1 aliphatic heterocycles. The third-order valence-electron chi connectivity index (χ3n) is 1.97. The number of carbonyl (C=O) groups excluding carboxylic acids is 1. The Labute approximate surface area is 80.9 Å². The highest BCUT2D eigenvalue weighted by Gasteiger charge is 2.31. The number of rotatable bonds is 0. The Kier molecular flexibility index (Phi) is 1.74. The van der Waals surface area contributed by atoms with Crippen LogP contribution in [0.5, 0.6) is 5.75 Å². The van der Waals surface area contributed by atoms with Crippen molar-refractivity contribution in [3.63, 3.8) is 0 Å². The van der Waals surface area contributed by atoms with Crippen LogP contribution in [0.25, 0.3) is 0 Å². The Morgan fingerprint density at radius 3 is 2.86 bits per heavy atom. The predicted octanol–water partition coefficient (Wildman–Crippen LogP) is 1.68. The molecule has 2 rings (SSSR count). The Morgan fingerprint density at radius 2 is 2.14 bits per heavy atom. The second-order valence-corrected chi connectivity index (χ2v) is 3.71. The van der Waals surface area contributed by atoms with E-state index < -0.39 is 11.5 Å². The summed E-state index contributed by atoms with van der Waals surface area (Å²) < 4.78 is 18.3. The molecule has 0 aromatic heterocycles. The van der Waals surface area contributed by atoms with Gasteiger partial charge in [-0.25, -0.2) is 4.39 Å². The number of hydrogen-bond acceptors (Lipinski definition) is 2. The number of amides is 1. The lowest BCUT2D eigenvalue weighted by atomic mass is 10.1. The lowest BCUT2D eigenvalue weighted by Gasteiger charge is -2.32. The van der Waals surface area contributed by atoms with Crippen molar-refractivity contribution in [1.29, 1.82) is 0 Å². The third-order valence-corrected chi connectivity index (χ3v) is 1.97. The molecule has 1 aromatic carbocycles. The number of fused-ring (bicyclic) bond motifs is 1. The average Bonchev–Trinajstić information content (AvgIpc) is 2.00. The lowest BCUT2D eigenvalue weighted by Crippen LogP contribution is -2.51. The molecule has 1 N–H and O–H groups in total. The molecule has 74 valence electrons. The summed E-state index contributed by atoms with van der Waals surface area (Å²) >= 11 is 0. The van der Waals surface area contributed by atoms with Gasteiger partial charge in [-0.1, -0.05) is 0 Å². The monoisotopic (exact) mass is 195 g/mol. The van der Waals surface area contributed by atoms with Gasteiger partial charge in [-0.3, -0.25) is 4.79 Å². The van der Waals surface area contributed by atoms with Crippen LogP contribution in [0.4, 0.5) is 4.39 Å². The Morgan fingerprint density at radius 1 is 1.43 bits per heavy atom. The average molecular weight is 195 g/mol. The van der Waals surface area contributed by atoms with E-state index in [2.05, 4.69) is 5.32 Å². The summed E-state index contributed by atoms with van der Waals surface area (Å²) in [5.41, 5.74) is -0.413. The molecule has 0 aliphatic carbocycles. The lowest BCUT2D eigenvalue weighted by molar-refractivity contribution is 0.0431. The molecule has 14 heavy (non-hydrogen) atoms. The molecule has 4 heteroatoms. The van der Waals surface area contributed by atoms with Crippen molar-refractivity contribution in [2.24, 2.45) is 0 Å². The van der Waals surface area contributed by atoms with Crippen molar-refractivity contribution < 1.29 is 13.9 Å². The smallest absolute Gasteiger partial charge is 0.258 e. The van der Waals surface area contributed by atoms with E-state index in [4.69, 9.17) is 4.74 Å². The molecular formula is C10H10FNO2. The number of halogens is 1. The predicted molar refractivity (Wildman–Crippen MR) is 48.6 cm³/mol. The minimum absolute atomic E-state index is 0.240. The van der Waals surface area contributed by atoms with Crippen LogP contribution in [0.15, 0.2) is 18.2 Å². The second kappa shape index (κ2) is 2.70. The van der Waals surface area contributed by atoms with Crippen molar-refractivity contribution in [2.75, 3.05) is 0 Å². The highest BCUT2D eigenvalue weighted by Crippen LogP contribution is 2.27. The summed E-state index contributed by atoms with van der Waals surface area (Å²) in [6, 6.07) is 3.87. The van der Waals surface area contributed by atoms with Gasteiger partial charge in [0.15, 0.2) is 5.72 Å². The first-order chi connectivity index (χ1) is 6.48. The Bertz CT molecular complexity index is 401. The molecule has 0 saturated heterocycles. The van der Waals surface area contributed by atoms with Crippen LogP contribution in [-0.2, 0) is 0 Å². The van der Waals surface area contributed by atoms with Crippen molar-refractivity contribution in [1.82, 2.24) is 5.32 Å². The van der Waals surface area contributed by atoms with Gasteiger partial charge in [0.25, 0.3) is 5.91 Å². The van der Waals surface area contributed by atoms with Crippen LogP contribution in [-0.4, -0.2) is 11.6 Å². The first-order valence-corrected chi connectivity index (χ1v) is 4.29. The molecular weight excluding hydrogens is 185 g/mol. The van der Waals surface area contributed by atoms with Crippen LogP contribution in [0.3, 0.4) is 0 Å². The summed E-state index contributed by atoms with van der Waals surface area (Å²) in [5, 5.41) is 2.65. The summed E-state index contributed by atoms with van der Waals surface area (Å²) in [6.45, 7) is 3.41. The maximum Gasteiger partial charge on any atom is 0.258 e. The van der Waals surface area contributed by atoms with E-state index in [1.165, 1.54) is 18.2 Å². The minimum Gasteiger partial charge on any atom is -0.468 e. The first-order valence-electron chi connectivity index (χ1n) is 4.29. The molecule has 1 amide bonds. The summed E-state index contributed by atoms with van der Waals surface area (Å²) in [6.07, 6.45) is 0. The van der Waals surface area contributed by atoms with Gasteiger partial charge in [0.05, 0.1) is 5.56 Å².